The van der Waals surface area contributed by atoms with Gasteiger partial charge in [0.2, 0.25) is 10.0 Å². The van der Waals surface area contributed by atoms with Crippen LogP contribution >= 0.6 is 0 Å². The van der Waals surface area contributed by atoms with E-state index >= 15 is 0 Å². The quantitative estimate of drug-likeness (QED) is 0.671. The lowest BCUT2D eigenvalue weighted by Gasteiger charge is -2.25. The highest BCUT2D eigenvalue weighted by molar-refractivity contribution is 7.89. The molecule has 1 fully saturated rings. The molecule has 1 aliphatic rings. The van der Waals surface area contributed by atoms with Crippen LogP contribution in [-0.4, -0.2) is 31.8 Å². The van der Waals surface area contributed by atoms with Gasteiger partial charge >= 0.3 is 5.97 Å². The van der Waals surface area contributed by atoms with Crippen LogP contribution in [0.15, 0.2) is 0 Å². The third-order valence-electron chi connectivity index (χ3n) is 2.90. The second-order valence-corrected chi connectivity index (χ2v) is 6.22. The summed E-state index contributed by atoms with van der Waals surface area (Å²) >= 11 is 0. The molecule has 0 aliphatic heterocycles. The largest absolute Gasteiger partial charge is 0.481 e. The van der Waals surface area contributed by atoms with Crippen LogP contribution in [0.1, 0.15) is 38.5 Å². The molecular weight excluding hydrogens is 230 g/mol. The first-order chi connectivity index (χ1) is 7.49. The average Bonchev–Trinajstić information content (AvgIpc) is 2.08. The van der Waals surface area contributed by atoms with Gasteiger partial charge in [-0.05, 0) is 18.8 Å². The smallest absolute Gasteiger partial charge is 0.303 e. The van der Waals surface area contributed by atoms with E-state index in [1.165, 1.54) is 19.3 Å². The zero-order chi connectivity index (χ0) is 12.0. The number of sulfonamides is 1. The first kappa shape index (κ1) is 13.4. The number of hydrogen-bond donors (Lipinski definition) is 2. The molecule has 0 heterocycles. The molecule has 0 atom stereocenters. The van der Waals surface area contributed by atoms with Crippen molar-refractivity contribution in [3.63, 3.8) is 0 Å². The Labute approximate surface area is 96.3 Å². The van der Waals surface area contributed by atoms with Crippen molar-refractivity contribution in [3.8, 4) is 0 Å². The summed E-state index contributed by atoms with van der Waals surface area (Å²) in [5.74, 6) is -0.365. The van der Waals surface area contributed by atoms with Gasteiger partial charge in [0.25, 0.3) is 0 Å². The summed E-state index contributed by atoms with van der Waals surface area (Å²) < 4.78 is 25.3. The van der Waals surface area contributed by atoms with Gasteiger partial charge in [-0.2, -0.15) is 0 Å². The lowest BCUT2D eigenvalue weighted by molar-refractivity contribution is -0.137. The minimum atomic E-state index is -3.27. The summed E-state index contributed by atoms with van der Waals surface area (Å²) in [5, 5.41) is 8.38. The number of carbonyl (C=O) groups is 1. The van der Waals surface area contributed by atoms with E-state index in [2.05, 4.69) is 4.72 Å². The minimum absolute atomic E-state index is 0.0933. The standard InChI is InChI=1S/C10H19NO4S/c12-10(13)5-2-8-16(14,15)11-7-6-9-3-1-4-9/h9,11H,1-8H2,(H,12,13). The Hall–Kier alpha value is -0.620. The second kappa shape index (κ2) is 6.20. The number of nitrogens with one attached hydrogen (secondary N) is 1. The molecule has 0 aromatic rings. The Kier molecular flexibility index (Phi) is 5.21. The Morgan fingerprint density at radius 1 is 1.38 bits per heavy atom. The monoisotopic (exact) mass is 249 g/mol. The second-order valence-electron chi connectivity index (χ2n) is 4.30. The number of rotatable bonds is 8. The minimum Gasteiger partial charge on any atom is -0.481 e. The molecule has 94 valence electrons. The maximum Gasteiger partial charge on any atom is 0.303 e. The highest BCUT2D eigenvalue weighted by Gasteiger charge is 2.18. The molecule has 0 unspecified atom stereocenters. The van der Waals surface area contributed by atoms with Crippen LogP contribution in [0.5, 0.6) is 0 Å². The van der Waals surface area contributed by atoms with Crippen molar-refractivity contribution in [3.05, 3.63) is 0 Å². The molecule has 0 radical (unpaired) electrons. The van der Waals surface area contributed by atoms with Crippen molar-refractivity contribution in [2.24, 2.45) is 5.92 Å². The van der Waals surface area contributed by atoms with Crippen molar-refractivity contribution in [1.82, 2.24) is 4.72 Å². The molecular formula is C10H19NO4S. The number of carboxylic acid groups (broad SMARTS) is 1. The lowest BCUT2D eigenvalue weighted by atomic mass is 9.83. The van der Waals surface area contributed by atoms with E-state index in [1.54, 1.807) is 0 Å². The van der Waals surface area contributed by atoms with Crippen LogP contribution in [0.3, 0.4) is 0 Å². The highest BCUT2D eigenvalue weighted by atomic mass is 32.2. The third kappa shape index (κ3) is 5.46. The normalized spacial score (nSPS) is 17.0. The molecule has 1 rings (SSSR count). The molecule has 0 aromatic carbocycles. The Balaban J connectivity index is 2.10. The predicted molar refractivity (Wildman–Crippen MR) is 60.6 cm³/mol. The zero-order valence-electron chi connectivity index (χ0n) is 9.31. The highest BCUT2D eigenvalue weighted by Crippen LogP contribution is 2.28. The maximum absolute atomic E-state index is 11.4. The topological polar surface area (TPSA) is 83.5 Å². The predicted octanol–water partition coefficient (Wildman–Crippen LogP) is 0.961. The molecule has 2 N–H and O–H groups in total. The molecule has 5 nitrogen and oxygen atoms in total. The summed E-state index contributed by atoms with van der Waals surface area (Å²) in [6.07, 6.45) is 4.66. The number of carboxylic acids is 1. The fourth-order valence-electron chi connectivity index (χ4n) is 1.69. The molecule has 0 amide bonds. The average molecular weight is 249 g/mol. The summed E-state index contributed by atoms with van der Waals surface area (Å²) in [4.78, 5) is 10.2. The zero-order valence-corrected chi connectivity index (χ0v) is 10.1. The van der Waals surface area contributed by atoms with E-state index < -0.39 is 16.0 Å². The van der Waals surface area contributed by atoms with Crippen LogP contribution in [0.2, 0.25) is 0 Å². The van der Waals surface area contributed by atoms with Crippen LogP contribution < -0.4 is 4.72 Å². The molecule has 0 spiro atoms. The van der Waals surface area contributed by atoms with Gasteiger partial charge in [-0.25, -0.2) is 13.1 Å². The first-order valence-corrected chi connectivity index (χ1v) is 7.34. The molecule has 1 aliphatic carbocycles. The van der Waals surface area contributed by atoms with Crippen LogP contribution in [-0.2, 0) is 14.8 Å². The fourth-order valence-corrected chi connectivity index (χ4v) is 2.78. The summed E-state index contributed by atoms with van der Waals surface area (Å²) in [6.45, 7) is 0.486. The molecule has 1 saturated carbocycles. The molecule has 0 aromatic heterocycles. The van der Waals surface area contributed by atoms with E-state index in [9.17, 15) is 13.2 Å². The van der Waals surface area contributed by atoms with Crippen molar-refractivity contribution in [2.75, 3.05) is 12.3 Å². The first-order valence-electron chi connectivity index (χ1n) is 5.69. The van der Waals surface area contributed by atoms with E-state index in [4.69, 9.17) is 5.11 Å². The Bertz CT molecular complexity index is 322. The summed E-state index contributed by atoms with van der Waals surface area (Å²) in [7, 11) is -3.27. The lowest BCUT2D eigenvalue weighted by Crippen LogP contribution is -2.29. The van der Waals surface area contributed by atoms with Crippen LogP contribution in [0.4, 0.5) is 0 Å². The van der Waals surface area contributed by atoms with Gasteiger partial charge in [-0.15, -0.1) is 0 Å². The van der Waals surface area contributed by atoms with Gasteiger partial charge in [-0.3, -0.25) is 4.79 Å². The summed E-state index contributed by atoms with van der Waals surface area (Å²) in [5.41, 5.74) is 0. The molecule has 0 saturated heterocycles. The van der Waals surface area contributed by atoms with Gasteiger partial charge in [0.05, 0.1) is 5.75 Å². The fraction of sp³-hybridized carbons (Fsp3) is 0.900. The van der Waals surface area contributed by atoms with Gasteiger partial charge in [0.1, 0.15) is 0 Å². The van der Waals surface area contributed by atoms with Gasteiger partial charge in [0.15, 0.2) is 0 Å². The molecule has 16 heavy (non-hydrogen) atoms. The molecule has 6 heteroatoms. The van der Waals surface area contributed by atoms with Crippen molar-refractivity contribution in [1.29, 1.82) is 0 Å². The summed E-state index contributed by atoms with van der Waals surface area (Å²) in [6, 6.07) is 0. The van der Waals surface area contributed by atoms with E-state index in [1.807, 2.05) is 0 Å². The SMILES string of the molecule is O=C(O)CCCS(=O)(=O)NCCC1CCC1. The van der Waals surface area contributed by atoms with Crippen molar-refractivity contribution >= 4 is 16.0 Å². The molecule has 0 bridgehead atoms. The van der Waals surface area contributed by atoms with Crippen LogP contribution in [0.25, 0.3) is 0 Å². The van der Waals surface area contributed by atoms with Gasteiger partial charge in [0, 0.05) is 13.0 Å². The maximum atomic E-state index is 11.4. The Morgan fingerprint density at radius 3 is 2.56 bits per heavy atom. The Morgan fingerprint density at radius 2 is 2.06 bits per heavy atom. The third-order valence-corrected chi connectivity index (χ3v) is 4.37. The van der Waals surface area contributed by atoms with Crippen LogP contribution in [0, 0.1) is 5.92 Å². The van der Waals surface area contributed by atoms with E-state index in [-0.39, 0.29) is 18.6 Å². The number of aliphatic carboxylic acids is 1. The van der Waals surface area contributed by atoms with Crippen molar-refractivity contribution in [2.45, 2.75) is 38.5 Å². The van der Waals surface area contributed by atoms with Crippen molar-refractivity contribution < 1.29 is 18.3 Å². The van der Waals surface area contributed by atoms with E-state index in [0.717, 1.165) is 6.42 Å². The van der Waals surface area contributed by atoms with Gasteiger partial charge in [-0.1, -0.05) is 19.3 Å². The van der Waals surface area contributed by atoms with E-state index in [0.29, 0.717) is 12.5 Å². The number of hydrogen-bond acceptors (Lipinski definition) is 3. The van der Waals surface area contributed by atoms with Gasteiger partial charge < -0.3 is 5.11 Å².